The zero-order chi connectivity index (χ0) is 13.1. The van der Waals surface area contributed by atoms with E-state index in [1.165, 1.54) is 44.9 Å². The quantitative estimate of drug-likeness (QED) is 0.526. The fourth-order valence-corrected chi connectivity index (χ4v) is 2.06. The summed E-state index contributed by atoms with van der Waals surface area (Å²) >= 11 is 0. The molecular formula is C15H30N2O. The van der Waals surface area contributed by atoms with Crippen LogP contribution in [0.3, 0.4) is 0 Å². The normalized spacial score (nSPS) is 14.7. The summed E-state index contributed by atoms with van der Waals surface area (Å²) in [6, 6.07) is 0.781. The van der Waals surface area contributed by atoms with Crippen molar-refractivity contribution in [1.29, 1.82) is 0 Å². The molecule has 1 fully saturated rings. The van der Waals surface area contributed by atoms with Gasteiger partial charge in [0.05, 0.1) is 0 Å². The Hall–Kier alpha value is -0.570. The minimum atomic E-state index is 0.233. The smallest absolute Gasteiger partial charge is 0.219 e. The molecule has 0 heterocycles. The molecule has 1 saturated carbocycles. The highest BCUT2D eigenvalue weighted by atomic mass is 16.1. The monoisotopic (exact) mass is 254 g/mol. The summed E-state index contributed by atoms with van der Waals surface area (Å²) in [6.07, 6.45) is 11.9. The molecule has 18 heavy (non-hydrogen) atoms. The Kier molecular flexibility index (Phi) is 8.92. The van der Waals surface area contributed by atoms with E-state index in [0.717, 1.165) is 32.0 Å². The van der Waals surface area contributed by atoms with Gasteiger partial charge in [0.15, 0.2) is 0 Å². The molecule has 2 N–H and O–H groups in total. The molecular weight excluding hydrogens is 224 g/mol. The summed E-state index contributed by atoms with van der Waals surface area (Å²) in [5, 5.41) is 6.45. The Bertz CT molecular complexity index is 215. The highest BCUT2D eigenvalue weighted by Crippen LogP contribution is 2.18. The first-order valence-corrected chi connectivity index (χ1v) is 7.83. The summed E-state index contributed by atoms with van der Waals surface area (Å²) in [5.41, 5.74) is 0. The molecule has 0 saturated heterocycles. The van der Waals surface area contributed by atoms with E-state index < -0.39 is 0 Å². The van der Waals surface area contributed by atoms with E-state index in [9.17, 15) is 4.79 Å². The SMILES string of the molecule is CCCCCCCCC(=O)NCCCNC1CC1. The predicted molar refractivity (Wildman–Crippen MR) is 76.6 cm³/mol. The second-order valence-electron chi connectivity index (χ2n) is 5.45. The maximum atomic E-state index is 11.5. The van der Waals surface area contributed by atoms with Crippen LogP contribution in [0.25, 0.3) is 0 Å². The van der Waals surface area contributed by atoms with Gasteiger partial charge in [-0.1, -0.05) is 39.0 Å². The van der Waals surface area contributed by atoms with Crippen molar-refractivity contribution in [3.8, 4) is 0 Å². The van der Waals surface area contributed by atoms with Crippen LogP contribution in [0.2, 0.25) is 0 Å². The number of hydrogen-bond donors (Lipinski definition) is 2. The molecule has 1 aliphatic rings. The molecule has 1 aliphatic carbocycles. The fourth-order valence-electron chi connectivity index (χ4n) is 2.06. The number of carbonyl (C=O) groups excluding carboxylic acids is 1. The van der Waals surface area contributed by atoms with Gasteiger partial charge in [-0.15, -0.1) is 0 Å². The van der Waals surface area contributed by atoms with E-state index in [4.69, 9.17) is 0 Å². The average Bonchev–Trinajstić information content (AvgIpc) is 3.17. The number of nitrogens with one attached hydrogen (secondary N) is 2. The third-order valence-electron chi connectivity index (χ3n) is 3.44. The largest absolute Gasteiger partial charge is 0.356 e. The molecule has 3 heteroatoms. The third-order valence-corrected chi connectivity index (χ3v) is 3.44. The van der Waals surface area contributed by atoms with E-state index in [1.807, 2.05) is 0 Å². The van der Waals surface area contributed by atoms with Crippen LogP contribution in [0.15, 0.2) is 0 Å². The number of amides is 1. The van der Waals surface area contributed by atoms with Crippen LogP contribution < -0.4 is 10.6 Å². The molecule has 3 nitrogen and oxygen atoms in total. The first-order chi connectivity index (χ1) is 8.83. The lowest BCUT2D eigenvalue weighted by Crippen LogP contribution is -2.27. The summed E-state index contributed by atoms with van der Waals surface area (Å²) in [7, 11) is 0. The van der Waals surface area contributed by atoms with E-state index in [0.29, 0.717) is 6.42 Å². The molecule has 0 radical (unpaired) electrons. The van der Waals surface area contributed by atoms with Gasteiger partial charge in [0.1, 0.15) is 0 Å². The minimum absolute atomic E-state index is 0.233. The summed E-state index contributed by atoms with van der Waals surface area (Å²) < 4.78 is 0. The molecule has 0 aromatic carbocycles. The van der Waals surface area contributed by atoms with Gasteiger partial charge < -0.3 is 10.6 Å². The summed E-state index contributed by atoms with van der Waals surface area (Å²) in [5.74, 6) is 0.233. The molecule has 0 atom stereocenters. The molecule has 0 aromatic rings. The van der Waals surface area contributed by atoms with Crippen molar-refractivity contribution in [3.63, 3.8) is 0 Å². The van der Waals surface area contributed by atoms with Crippen molar-refractivity contribution in [2.75, 3.05) is 13.1 Å². The van der Waals surface area contributed by atoms with Gasteiger partial charge in [-0.25, -0.2) is 0 Å². The van der Waals surface area contributed by atoms with Crippen molar-refractivity contribution in [3.05, 3.63) is 0 Å². The predicted octanol–water partition coefficient (Wildman–Crippen LogP) is 3.00. The molecule has 0 spiro atoms. The van der Waals surface area contributed by atoms with Crippen LogP contribution in [0.1, 0.15) is 71.1 Å². The Balaban J connectivity index is 1.75. The topological polar surface area (TPSA) is 41.1 Å². The van der Waals surface area contributed by atoms with Gasteiger partial charge in [0.25, 0.3) is 0 Å². The number of unbranched alkanes of at least 4 members (excludes halogenated alkanes) is 5. The van der Waals surface area contributed by atoms with Gasteiger partial charge >= 0.3 is 0 Å². The standard InChI is InChI=1S/C15H30N2O/c1-2-3-4-5-6-7-9-15(18)17-13-8-12-16-14-10-11-14/h14,16H,2-13H2,1H3,(H,17,18). The van der Waals surface area contributed by atoms with Gasteiger partial charge in [0.2, 0.25) is 5.91 Å². The Morgan fingerprint density at radius 1 is 1.00 bits per heavy atom. The van der Waals surface area contributed by atoms with Crippen LogP contribution in [-0.4, -0.2) is 25.0 Å². The second-order valence-corrected chi connectivity index (χ2v) is 5.45. The van der Waals surface area contributed by atoms with Crippen molar-refractivity contribution in [2.45, 2.75) is 77.2 Å². The summed E-state index contributed by atoms with van der Waals surface area (Å²) in [6.45, 7) is 4.10. The molecule has 1 rings (SSSR count). The maximum absolute atomic E-state index is 11.5. The van der Waals surface area contributed by atoms with E-state index >= 15 is 0 Å². The first kappa shape index (κ1) is 15.5. The van der Waals surface area contributed by atoms with Crippen molar-refractivity contribution < 1.29 is 4.79 Å². The molecule has 0 unspecified atom stereocenters. The molecule has 0 bridgehead atoms. The van der Waals surface area contributed by atoms with Crippen LogP contribution in [-0.2, 0) is 4.79 Å². The number of rotatable bonds is 12. The van der Waals surface area contributed by atoms with Crippen LogP contribution >= 0.6 is 0 Å². The lowest BCUT2D eigenvalue weighted by molar-refractivity contribution is -0.121. The second kappa shape index (κ2) is 10.4. The average molecular weight is 254 g/mol. The lowest BCUT2D eigenvalue weighted by atomic mass is 10.1. The van der Waals surface area contributed by atoms with Crippen LogP contribution in [0.4, 0.5) is 0 Å². The zero-order valence-corrected chi connectivity index (χ0v) is 12.0. The number of hydrogen-bond acceptors (Lipinski definition) is 2. The maximum Gasteiger partial charge on any atom is 0.219 e. The van der Waals surface area contributed by atoms with E-state index in [2.05, 4.69) is 17.6 Å². The highest BCUT2D eigenvalue weighted by Gasteiger charge is 2.19. The van der Waals surface area contributed by atoms with Gasteiger partial charge in [-0.05, 0) is 32.2 Å². The minimum Gasteiger partial charge on any atom is -0.356 e. The van der Waals surface area contributed by atoms with Gasteiger partial charge in [-0.3, -0.25) is 4.79 Å². The van der Waals surface area contributed by atoms with Crippen molar-refractivity contribution in [1.82, 2.24) is 10.6 Å². The molecule has 0 aromatic heterocycles. The van der Waals surface area contributed by atoms with Crippen molar-refractivity contribution >= 4 is 5.91 Å². The Labute approximate surface area is 112 Å². The van der Waals surface area contributed by atoms with E-state index in [1.54, 1.807) is 0 Å². The van der Waals surface area contributed by atoms with Crippen molar-refractivity contribution in [2.24, 2.45) is 0 Å². The van der Waals surface area contributed by atoms with Gasteiger partial charge in [0, 0.05) is 19.0 Å². The molecule has 1 amide bonds. The Morgan fingerprint density at radius 2 is 1.72 bits per heavy atom. The highest BCUT2D eigenvalue weighted by molar-refractivity contribution is 5.75. The van der Waals surface area contributed by atoms with Crippen LogP contribution in [0, 0.1) is 0 Å². The fraction of sp³-hybridized carbons (Fsp3) is 0.933. The lowest BCUT2D eigenvalue weighted by Gasteiger charge is -2.06. The van der Waals surface area contributed by atoms with Gasteiger partial charge in [-0.2, -0.15) is 0 Å². The zero-order valence-electron chi connectivity index (χ0n) is 12.0. The Morgan fingerprint density at radius 3 is 2.44 bits per heavy atom. The molecule has 106 valence electrons. The third kappa shape index (κ3) is 9.46. The summed E-state index contributed by atoms with van der Waals surface area (Å²) in [4.78, 5) is 11.5. The number of carbonyl (C=O) groups is 1. The van der Waals surface area contributed by atoms with E-state index in [-0.39, 0.29) is 5.91 Å². The van der Waals surface area contributed by atoms with Crippen LogP contribution in [0.5, 0.6) is 0 Å². The first-order valence-electron chi connectivity index (χ1n) is 7.83. The molecule has 0 aliphatic heterocycles.